The third kappa shape index (κ3) is 4.89. The van der Waals surface area contributed by atoms with E-state index in [1.807, 2.05) is 6.07 Å². The van der Waals surface area contributed by atoms with Crippen LogP contribution in [0, 0.1) is 0 Å². The highest BCUT2D eigenvalue weighted by Gasteiger charge is 2.16. The van der Waals surface area contributed by atoms with Gasteiger partial charge in [0.2, 0.25) is 0 Å². The van der Waals surface area contributed by atoms with E-state index in [1.165, 1.54) is 13.2 Å². The van der Waals surface area contributed by atoms with Crippen molar-refractivity contribution in [2.24, 2.45) is 10.2 Å². The average molecular weight is 345 g/mol. The maximum Gasteiger partial charge on any atom is 0.513 e. The highest BCUT2D eigenvalue weighted by Crippen LogP contribution is 2.33. The number of nitrogens with zero attached hydrogens (tertiary/aromatic N) is 3. The number of nitrogens with one attached hydrogen (secondary N) is 1. The van der Waals surface area contributed by atoms with Crippen molar-refractivity contribution >= 4 is 35.3 Å². The molecule has 0 aliphatic carbocycles. The first kappa shape index (κ1) is 17.7. The number of hydrogen-bond acceptors (Lipinski definition) is 9. The van der Waals surface area contributed by atoms with Gasteiger partial charge >= 0.3 is 12.2 Å². The van der Waals surface area contributed by atoms with Gasteiger partial charge < -0.3 is 19.9 Å². The first-order valence-electron chi connectivity index (χ1n) is 6.91. The normalized spacial score (nSPS) is 10.3. The molecule has 1 amide bonds. The number of benzene rings is 1. The summed E-state index contributed by atoms with van der Waals surface area (Å²) in [6.07, 6.45) is -1.75. The van der Waals surface area contributed by atoms with Gasteiger partial charge in [0.15, 0.2) is 17.4 Å². The van der Waals surface area contributed by atoms with Crippen molar-refractivity contribution in [1.29, 1.82) is 0 Å². The highest BCUT2D eigenvalue weighted by atomic mass is 16.7. The Hall–Kier alpha value is -3.69. The second-order valence-electron chi connectivity index (χ2n) is 4.45. The molecule has 25 heavy (non-hydrogen) atoms. The number of carbonyl (C=O) groups is 2. The second kappa shape index (κ2) is 8.24. The summed E-state index contributed by atoms with van der Waals surface area (Å²) in [5, 5.41) is 10.4. The first-order valence-corrected chi connectivity index (χ1v) is 6.91. The quantitative estimate of drug-likeness (QED) is 0.639. The molecule has 1 aromatic heterocycles. The predicted octanol–water partition coefficient (Wildman–Crippen LogP) is 3.40. The van der Waals surface area contributed by atoms with Crippen LogP contribution >= 0.6 is 0 Å². The zero-order valence-electron chi connectivity index (χ0n) is 13.4. The largest absolute Gasteiger partial charge is 0.513 e. The van der Waals surface area contributed by atoms with Crippen molar-refractivity contribution in [1.82, 2.24) is 4.98 Å². The van der Waals surface area contributed by atoms with Crippen molar-refractivity contribution in [3.63, 3.8) is 0 Å². The van der Waals surface area contributed by atoms with Crippen LogP contribution < -0.4 is 15.8 Å². The number of hydrogen-bond donors (Lipinski definition) is 2. The van der Waals surface area contributed by atoms with Crippen molar-refractivity contribution < 1.29 is 23.8 Å². The van der Waals surface area contributed by atoms with E-state index in [-0.39, 0.29) is 23.1 Å². The van der Waals surface area contributed by atoms with Crippen molar-refractivity contribution in [2.45, 2.75) is 0 Å². The van der Waals surface area contributed by atoms with Crippen LogP contribution in [0.3, 0.4) is 0 Å². The third-order valence-electron chi connectivity index (χ3n) is 2.79. The van der Waals surface area contributed by atoms with Gasteiger partial charge in [0.25, 0.3) is 0 Å². The fourth-order valence-electron chi connectivity index (χ4n) is 1.63. The maximum atomic E-state index is 11.4. The number of ether oxygens (including phenoxy) is 3. The Labute approximate surface area is 142 Å². The third-order valence-corrected chi connectivity index (χ3v) is 2.79. The molecule has 0 atom stereocenters. The van der Waals surface area contributed by atoms with E-state index >= 15 is 0 Å². The number of nitrogen functional groups attached to an aromatic ring is 1. The van der Waals surface area contributed by atoms with E-state index in [0.29, 0.717) is 5.69 Å². The molecule has 0 saturated carbocycles. The molecule has 0 spiro atoms. The molecule has 3 N–H and O–H groups in total. The molecule has 0 bridgehead atoms. The Bertz CT molecular complexity index is 794. The van der Waals surface area contributed by atoms with Crippen LogP contribution in [0.4, 0.5) is 32.6 Å². The van der Waals surface area contributed by atoms with Crippen LogP contribution in [0.15, 0.2) is 46.6 Å². The molecule has 0 aliphatic heterocycles. The number of carbonyl (C=O) groups excluding carboxylic acids is 2. The van der Waals surface area contributed by atoms with E-state index in [2.05, 4.69) is 30.0 Å². The SMILES string of the molecule is COC(=O)Nc1nc(N)c(OC(=O)OC)cc1/N=N/c1ccccc1. The van der Waals surface area contributed by atoms with Gasteiger partial charge in [-0.25, -0.2) is 14.6 Å². The molecule has 0 aliphatic rings. The summed E-state index contributed by atoms with van der Waals surface area (Å²) in [5.41, 5.74) is 6.38. The van der Waals surface area contributed by atoms with Gasteiger partial charge in [-0.05, 0) is 12.1 Å². The number of methoxy groups -OCH3 is 2. The Balaban J connectivity index is 2.40. The summed E-state index contributed by atoms with van der Waals surface area (Å²) >= 11 is 0. The van der Waals surface area contributed by atoms with Crippen LogP contribution in [0.5, 0.6) is 5.75 Å². The lowest BCUT2D eigenvalue weighted by molar-refractivity contribution is 0.121. The lowest BCUT2D eigenvalue weighted by Crippen LogP contribution is -2.14. The highest BCUT2D eigenvalue weighted by molar-refractivity contribution is 5.88. The van der Waals surface area contributed by atoms with Crippen LogP contribution in [0.1, 0.15) is 0 Å². The molecular weight excluding hydrogens is 330 g/mol. The number of nitrogens with two attached hydrogens (primary N) is 1. The van der Waals surface area contributed by atoms with Crippen LogP contribution in [-0.2, 0) is 9.47 Å². The summed E-state index contributed by atoms with van der Waals surface area (Å²) in [5.74, 6) is -0.263. The molecule has 0 saturated heterocycles. The van der Waals surface area contributed by atoms with E-state index in [1.54, 1.807) is 24.3 Å². The van der Waals surface area contributed by atoms with Crippen molar-refractivity contribution in [2.75, 3.05) is 25.3 Å². The molecule has 10 heteroatoms. The first-order chi connectivity index (χ1) is 12.0. The minimum atomic E-state index is -0.979. The van der Waals surface area contributed by atoms with E-state index < -0.39 is 12.2 Å². The van der Waals surface area contributed by atoms with Gasteiger partial charge in [0.05, 0.1) is 19.9 Å². The van der Waals surface area contributed by atoms with E-state index in [0.717, 1.165) is 7.11 Å². The fourth-order valence-corrected chi connectivity index (χ4v) is 1.63. The minimum Gasteiger partial charge on any atom is -0.453 e. The second-order valence-corrected chi connectivity index (χ2v) is 4.45. The zero-order chi connectivity index (χ0) is 18.2. The van der Waals surface area contributed by atoms with Gasteiger partial charge in [-0.15, -0.1) is 5.11 Å². The molecule has 130 valence electrons. The molecule has 2 aromatic rings. The molecule has 1 heterocycles. The summed E-state index contributed by atoms with van der Waals surface area (Å²) in [6.45, 7) is 0. The number of rotatable bonds is 4. The van der Waals surface area contributed by atoms with E-state index in [4.69, 9.17) is 10.5 Å². The van der Waals surface area contributed by atoms with Gasteiger partial charge in [-0.2, -0.15) is 5.11 Å². The lowest BCUT2D eigenvalue weighted by atomic mass is 10.3. The van der Waals surface area contributed by atoms with Gasteiger partial charge in [0.1, 0.15) is 5.69 Å². The number of amides is 1. The molecule has 2 rings (SSSR count). The lowest BCUT2D eigenvalue weighted by Gasteiger charge is -2.10. The molecule has 0 unspecified atom stereocenters. The molecule has 0 fully saturated rings. The summed E-state index contributed by atoms with van der Waals surface area (Å²) in [6, 6.07) is 10.2. The van der Waals surface area contributed by atoms with Gasteiger partial charge in [-0.1, -0.05) is 18.2 Å². The number of azo groups is 1. The van der Waals surface area contributed by atoms with Crippen LogP contribution in [0.2, 0.25) is 0 Å². The van der Waals surface area contributed by atoms with Crippen LogP contribution in [0.25, 0.3) is 0 Å². The Morgan fingerprint density at radius 3 is 2.48 bits per heavy atom. The number of aromatic nitrogens is 1. The average Bonchev–Trinajstić information content (AvgIpc) is 2.63. The Morgan fingerprint density at radius 2 is 1.84 bits per heavy atom. The predicted molar refractivity (Wildman–Crippen MR) is 88.3 cm³/mol. The van der Waals surface area contributed by atoms with Gasteiger partial charge in [-0.3, -0.25) is 5.32 Å². The molecule has 0 radical (unpaired) electrons. The molecule has 1 aromatic carbocycles. The summed E-state index contributed by atoms with van der Waals surface area (Å²) < 4.78 is 13.8. The maximum absolute atomic E-state index is 11.4. The number of anilines is 2. The standard InChI is InChI=1S/C15H15N5O5/c1-23-14(21)18-13-10(20-19-9-6-4-3-5-7-9)8-11(12(16)17-13)25-15(22)24-2/h3-8H,1-2H3,(H3,16,17,18,21)/b20-19+. The van der Waals surface area contributed by atoms with Crippen molar-refractivity contribution in [3.05, 3.63) is 36.4 Å². The zero-order valence-corrected chi connectivity index (χ0v) is 13.4. The summed E-state index contributed by atoms with van der Waals surface area (Å²) in [4.78, 5) is 26.6. The summed E-state index contributed by atoms with van der Waals surface area (Å²) in [7, 11) is 2.34. The molecule has 10 nitrogen and oxygen atoms in total. The monoisotopic (exact) mass is 345 g/mol. The fraction of sp³-hybridized carbons (Fsp3) is 0.133. The minimum absolute atomic E-state index is 0.0127. The molecular formula is C15H15N5O5. The van der Waals surface area contributed by atoms with Gasteiger partial charge in [0, 0.05) is 6.07 Å². The van der Waals surface area contributed by atoms with E-state index in [9.17, 15) is 9.59 Å². The Morgan fingerprint density at radius 1 is 1.12 bits per heavy atom. The topological polar surface area (TPSA) is 137 Å². The number of pyridine rings is 1. The Kier molecular flexibility index (Phi) is 5.82. The smallest absolute Gasteiger partial charge is 0.453 e. The van der Waals surface area contributed by atoms with Crippen LogP contribution in [-0.4, -0.2) is 31.5 Å². The van der Waals surface area contributed by atoms with Crippen molar-refractivity contribution in [3.8, 4) is 5.75 Å².